The molecule has 1 heteroatoms. The van der Waals surface area contributed by atoms with E-state index in [0.717, 1.165) is 12.0 Å². The van der Waals surface area contributed by atoms with E-state index in [4.69, 9.17) is 0 Å². The average molecular weight is 126 g/mol. The smallest absolute Gasteiger partial charge is 0.0891 e. The molecular formula is C8H16N+. The summed E-state index contributed by atoms with van der Waals surface area (Å²) in [6.45, 7) is 1.45. The van der Waals surface area contributed by atoms with Crippen LogP contribution in [0.4, 0.5) is 0 Å². The fourth-order valence-electron chi connectivity index (χ4n) is 2.66. The van der Waals surface area contributed by atoms with Gasteiger partial charge in [0, 0.05) is 12.3 Å². The second-order valence-electron chi connectivity index (χ2n) is 4.29. The summed E-state index contributed by atoms with van der Waals surface area (Å²) >= 11 is 0. The fourth-order valence-corrected chi connectivity index (χ4v) is 2.66. The van der Waals surface area contributed by atoms with E-state index in [1.165, 1.54) is 30.3 Å². The summed E-state index contributed by atoms with van der Waals surface area (Å²) < 4.78 is 1.31. The second-order valence-corrected chi connectivity index (χ2v) is 4.29. The van der Waals surface area contributed by atoms with Crippen molar-refractivity contribution in [2.45, 2.75) is 25.3 Å². The van der Waals surface area contributed by atoms with Gasteiger partial charge in [0.25, 0.3) is 0 Å². The molecule has 0 aromatic rings. The largest absolute Gasteiger partial charge is 0.326 e. The quantitative estimate of drug-likeness (QED) is 0.428. The zero-order valence-corrected chi connectivity index (χ0v) is 6.43. The molecule has 0 amide bonds. The molecule has 1 aliphatic carbocycles. The van der Waals surface area contributed by atoms with E-state index in [-0.39, 0.29) is 0 Å². The average Bonchev–Trinajstić information content (AvgIpc) is 2.19. The van der Waals surface area contributed by atoms with E-state index < -0.39 is 0 Å². The Morgan fingerprint density at radius 1 is 1.22 bits per heavy atom. The first-order chi connectivity index (χ1) is 4.18. The summed E-state index contributed by atoms with van der Waals surface area (Å²) in [5.74, 6) is 1.09. The third kappa shape index (κ3) is 0.710. The molecular weight excluding hydrogens is 110 g/mol. The maximum atomic E-state index is 2.38. The molecule has 2 rings (SSSR count). The lowest BCUT2D eigenvalue weighted by Crippen LogP contribution is -2.45. The van der Waals surface area contributed by atoms with Crippen LogP contribution in [0.5, 0.6) is 0 Å². The van der Waals surface area contributed by atoms with Crippen molar-refractivity contribution in [3.63, 3.8) is 0 Å². The minimum absolute atomic E-state index is 1.02. The van der Waals surface area contributed by atoms with E-state index in [0.29, 0.717) is 0 Å². The standard InChI is InChI=1S/C8H16N/c1-9(2)6-7-3-4-8(9)5-7/h7-8H,3-6H2,1-2H3/q+1/t7-,8-/m1/s1. The van der Waals surface area contributed by atoms with E-state index in [1.807, 2.05) is 0 Å². The normalized spacial score (nSPS) is 46.0. The molecule has 0 unspecified atom stereocenters. The SMILES string of the molecule is C[N+]1(C)C[C@@H]2CC[C@@H]1C2. The first-order valence-electron chi connectivity index (χ1n) is 4.01. The van der Waals surface area contributed by atoms with Crippen LogP contribution in [0.1, 0.15) is 19.3 Å². The number of rotatable bonds is 0. The van der Waals surface area contributed by atoms with Gasteiger partial charge in [0.2, 0.25) is 0 Å². The Bertz CT molecular complexity index is 129. The molecule has 0 aromatic heterocycles. The molecule has 2 atom stereocenters. The van der Waals surface area contributed by atoms with E-state index in [2.05, 4.69) is 14.1 Å². The molecule has 0 radical (unpaired) electrons. The van der Waals surface area contributed by atoms with Crippen molar-refractivity contribution in [1.29, 1.82) is 0 Å². The van der Waals surface area contributed by atoms with Crippen molar-refractivity contribution in [3.05, 3.63) is 0 Å². The van der Waals surface area contributed by atoms with E-state index >= 15 is 0 Å². The zero-order valence-electron chi connectivity index (χ0n) is 6.43. The van der Waals surface area contributed by atoms with Gasteiger partial charge in [-0.3, -0.25) is 0 Å². The molecule has 2 bridgehead atoms. The summed E-state index contributed by atoms with van der Waals surface area (Å²) in [4.78, 5) is 0. The molecule has 1 heterocycles. The highest BCUT2D eigenvalue weighted by atomic mass is 15.4. The molecule has 2 fully saturated rings. The van der Waals surface area contributed by atoms with Crippen LogP contribution in [0.3, 0.4) is 0 Å². The predicted octanol–water partition coefficient (Wildman–Crippen LogP) is 1.25. The lowest BCUT2D eigenvalue weighted by Gasteiger charge is -2.33. The molecule has 1 saturated heterocycles. The van der Waals surface area contributed by atoms with E-state index in [1.54, 1.807) is 0 Å². The molecule has 0 spiro atoms. The Kier molecular flexibility index (Phi) is 0.963. The minimum atomic E-state index is 1.02. The van der Waals surface area contributed by atoms with Gasteiger partial charge in [-0.25, -0.2) is 0 Å². The number of hydrogen-bond donors (Lipinski definition) is 0. The van der Waals surface area contributed by atoms with Gasteiger partial charge in [0.1, 0.15) is 0 Å². The summed E-state index contributed by atoms with van der Waals surface area (Å²) in [6.07, 6.45) is 4.54. The number of likely N-dealkylation sites (tertiary alicyclic amines) is 1. The lowest BCUT2D eigenvalue weighted by molar-refractivity contribution is -0.907. The Hall–Kier alpha value is -0.0400. The fraction of sp³-hybridized carbons (Fsp3) is 1.00. The maximum absolute atomic E-state index is 2.38. The monoisotopic (exact) mass is 126 g/mol. The summed E-state index contributed by atoms with van der Waals surface area (Å²) in [6, 6.07) is 1.02. The lowest BCUT2D eigenvalue weighted by atomic mass is 10.1. The molecule has 0 aromatic carbocycles. The van der Waals surface area contributed by atoms with Crippen molar-refractivity contribution in [3.8, 4) is 0 Å². The van der Waals surface area contributed by atoms with Crippen molar-refractivity contribution in [2.24, 2.45) is 5.92 Å². The topological polar surface area (TPSA) is 0 Å². The van der Waals surface area contributed by atoms with Gasteiger partial charge in [-0.2, -0.15) is 0 Å². The number of hydrogen-bond acceptors (Lipinski definition) is 0. The van der Waals surface area contributed by atoms with Crippen LogP contribution in [0.25, 0.3) is 0 Å². The number of quaternary nitrogens is 1. The molecule has 9 heavy (non-hydrogen) atoms. The van der Waals surface area contributed by atoms with Crippen LogP contribution >= 0.6 is 0 Å². The molecule has 1 saturated carbocycles. The van der Waals surface area contributed by atoms with Gasteiger partial charge in [0.15, 0.2) is 0 Å². The molecule has 52 valence electrons. The van der Waals surface area contributed by atoms with Crippen LogP contribution in [-0.4, -0.2) is 31.2 Å². The third-order valence-electron chi connectivity index (χ3n) is 3.23. The summed E-state index contributed by atoms with van der Waals surface area (Å²) in [5.41, 5.74) is 0. The highest BCUT2D eigenvalue weighted by molar-refractivity contribution is 4.82. The molecule has 2 aliphatic rings. The van der Waals surface area contributed by atoms with Gasteiger partial charge >= 0.3 is 0 Å². The Morgan fingerprint density at radius 3 is 2.22 bits per heavy atom. The highest BCUT2D eigenvalue weighted by Gasteiger charge is 2.45. The highest BCUT2D eigenvalue weighted by Crippen LogP contribution is 2.40. The van der Waals surface area contributed by atoms with Crippen molar-refractivity contribution >= 4 is 0 Å². The first kappa shape index (κ1) is 5.72. The van der Waals surface area contributed by atoms with Crippen molar-refractivity contribution < 1.29 is 4.48 Å². The maximum Gasteiger partial charge on any atom is 0.0891 e. The van der Waals surface area contributed by atoms with Crippen LogP contribution < -0.4 is 0 Å². The van der Waals surface area contributed by atoms with Gasteiger partial charge in [0.05, 0.1) is 26.7 Å². The third-order valence-corrected chi connectivity index (χ3v) is 3.23. The molecule has 1 aliphatic heterocycles. The van der Waals surface area contributed by atoms with Crippen molar-refractivity contribution in [1.82, 2.24) is 0 Å². The minimum Gasteiger partial charge on any atom is -0.326 e. The van der Waals surface area contributed by atoms with Gasteiger partial charge < -0.3 is 4.48 Å². The number of nitrogens with zero attached hydrogens (tertiary/aromatic N) is 1. The Balaban J connectivity index is 2.18. The Labute approximate surface area is 57.3 Å². The van der Waals surface area contributed by atoms with Gasteiger partial charge in [-0.15, -0.1) is 0 Å². The Morgan fingerprint density at radius 2 is 2.00 bits per heavy atom. The van der Waals surface area contributed by atoms with Crippen LogP contribution in [0.15, 0.2) is 0 Å². The number of fused-ring (bicyclic) bond motifs is 2. The predicted molar refractivity (Wildman–Crippen MR) is 38.1 cm³/mol. The van der Waals surface area contributed by atoms with Crippen LogP contribution in [0.2, 0.25) is 0 Å². The first-order valence-corrected chi connectivity index (χ1v) is 4.01. The molecule has 0 N–H and O–H groups in total. The molecule has 1 nitrogen and oxygen atoms in total. The van der Waals surface area contributed by atoms with Crippen molar-refractivity contribution in [2.75, 3.05) is 20.6 Å². The van der Waals surface area contributed by atoms with Crippen LogP contribution in [-0.2, 0) is 0 Å². The second kappa shape index (κ2) is 1.51. The van der Waals surface area contributed by atoms with Crippen LogP contribution in [0, 0.1) is 5.92 Å². The summed E-state index contributed by atoms with van der Waals surface area (Å²) in [5, 5.41) is 0. The van der Waals surface area contributed by atoms with Gasteiger partial charge in [-0.05, 0) is 12.8 Å². The van der Waals surface area contributed by atoms with E-state index in [9.17, 15) is 0 Å². The van der Waals surface area contributed by atoms with Gasteiger partial charge in [-0.1, -0.05) is 0 Å². The summed E-state index contributed by atoms with van der Waals surface area (Å²) in [7, 11) is 4.76. The number of piperidine rings is 1. The zero-order chi connectivity index (χ0) is 6.48.